The molecule has 4 nitrogen and oxygen atoms in total. The number of aromatic hydroxyl groups is 1. The van der Waals surface area contributed by atoms with Crippen LogP contribution in [-0.4, -0.2) is 16.1 Å². The van der Waals surface area contributed by atoms with Crippen molar-refractivity contribution in [2.75, 3.05) is 0 Å². The summed E-state index contributed by atoms with van der Waals surface area (Å²) in [5.41, 5.74) is 0. The second-order valence-corrected chi connectivity index (χ2v) is 5.07. The van der Waals surface area contributed by atoms with E-state index in [4.69, 9.17) is 4.52 Å². The molecule has 1 aromatic rings. The molecule has 0 heterocycles. The molecule has 15 heavy (non-hydrogen) atoms. The van der Waals surface area contributed by atoms with Gasteiger partial charge in [0.1, 0.15) is 11.1 Å². The van der Waals surface area contributed by atoms with Gasteiger partial charge in [0.05, 0.1) is 6.10 Å². The third kappa shape index (κ3) is 3.06. The Bertz CT molecular complexity index is 377. The highest BCUT2D eigenvalue weighted by Crippen LogP contribution is 2.44. The van der Waals surface area contributed by atoms with Crippen LogP contribution >= 0.6 is 7.60 Å². The molecular weight excluding hydrogens is 215 g/mol. The Balaban J connectivity index is 2.96. The summed E-state index contributed by atoms with van der Waals surface area (Å²) < 4.78 is 16.8. The number of hydrogen-bond acceptors (Lipinski definition) is 3. The van der Waals surface area contributed by atoms with Gasteiger partial charge in [0.2, 0.25) is 0 Å². The molecule has 84 valence electrons. The number of phenols is 1. The van der Waals surface area contributed by atoms with E-state index >= 15 is 0 Å². The molecule has 0 aromatic heterocycles. The quantitative estimate of drug-likeness (QED) is 0.776. The minimum absolute atomic E-state index is 0.0506. The second kappa shape index (κ2) is 4.79. The van der Waals surface area contributed by atoms with Crippen molar-refractivity contribution in [1.82, 2.24) is 0 Å². The van der Waals surface area contributed by atoms with Gasteiger partial charge in [-0.05, 0) is 25.5 Å². The summed E-state index contributed by atoms with van der Waals surface area (Å²) in [6.07, 6.45) is 0.318. The maximum Gasteiger partial charge on any atom is 0.362 e. The third-order valence-corrected chi connectivity index (χ3v) is 3.72. The summed E-state index contributed by atoms with van der Waals surface area (Å²) in [6, 6.07) is 5.91. The molecule has 2 N–H and O–H groups in total. The molecule has 0 spiro atoms. The van der Waals surface area contributed by atoms with E-state index in [1.54, 1.807) is 19.1 Å². The van der Waals surface area contributed by atoms with Gasteiger partial charge in [-0.15, -0.1) is 0 Å². The maximum absolute atomic E-state index is 11.8. The van der Waals surface area contributed by atoms with Crippen LogP contribution in [0.4, 0.5) is 0 Å². The minimum Gasteiger partial charge on any atom is -0.507 e. The van der Waals surface area contributed by atoms with E-state index in [1.165, 1.54) is 12.1 Å². The van der Waals surface area contributed by atoms with Crippen LogP contribution in [0.15, 0.2) is 24.3 Å². The SMILES string of the molecule is CCC(C)OP(=O)(O)c1ccccc1O. The number of phenolic OH excluding ortho intramolecular Hbond substituents is 1. The van der Waals surface area contributed by atoms with Crippen LogP contribution in [0.1, 0.15) is 20.3 Å². The fraction of sp³-hybridized carbons (Fsp3) is 0.400. The summed E-state index contributed by atoms with van der Waals surface area (Å²) in [4.78, 5) is 9.64. The van der Waals surface area contributed by atoms with E-state index in [1.807, 2.05) is 6.92 Å². The molecule has 0 aliphatic carbocycles. The van der Waals surface area contributed by atoms with Gasteiger partial charge >= 0.3 is 7.60 Å². The first kappa shape index (κ1) is 12.2. The average molecular weight is 230 g/mol. The van der Waals surface area contributed by atoms with Crippen molar-refractivity contribution in [3.63, 3.8) is 0 Å². The van der Waals surface area contributed by atoms with Gasteiger partial charge < -0.3 is 14.5 Å². The van der Waals surface area contributed by atoms with Crippen molar-refractivity contribution < 1.29 is 19.1 Å². The molecule has 0 aliphatic rings. The van der Waals surface area contributed by atoms with Crippen molar-refractivity contribution in [3.05, 3.63) is 24.3 Å². The Kier molecular flexibility index (Phi) is 3.91. The normalized spacial score (nSPS) is 17.0. The smallest absolute Gasteiger partial charge is 0.362 e. The molecule has 5 heteroatoms. The first-order valence-electron chi connectivity index (χ1n) is 4.77. The van der Waals surface area contributed by atoms with E-state index in [0.29, 0.717) is 6.42 Å². The Morgan fingerprint density at radius 3 is 2.60 bits per heavy atom. The van der Waals surface area contributed by atoms with Crippen molar-refractivity contribution in [2.45, 2.75) is 26.4 Å². The largest absolute Gasteiger partial charge is 0.507 e. The van der Waals surface area contributed by atoms with Crippen LogP contribution in [-0.2, 0) is 9.09 Å². The second-order valence-electron chi connectivity index (χ2n) is 3.33. The third-order valence-electron chi connectivity index (χ3n) is 2.08. The predicted molar refractivity (Wildman–Crippen MR) is 58.4 cm³/mol. The summed E-state index contributed by atoms with van der Waals surface area (Å²) in [5, 5.41) is 9.37. The van der Waals surface area contributed by atoms with E-state index in [2.05, 4.69) is 0 Å². The summed E-state index contributed by atoms with van der Waals surface area (Å²) in [6.45, 7) is 3.57. The zero-order chi connectivity index (χ0) is 11.5. The monoisotopic (exact) mass is 230 g/mol. The molecule has 1 aromatic carbocycles. The van der Waals surface area contributed by atoms with Gasteiger partial charge in [0, 0.05) is 0 Å². The van der Waals surface area contributed by atoms with Crippen LogP contribution < -0.4 is 5.30 Å². The molecular formula is C10H15O4P. The first-order chi connectivity index (χ1) is 6.97. The van der Waals surface area contributed by atoms with Gasteiger partial charge in [0.25, 0.3) is 0 Å². The van der Waals surface area contributed by atoms with E-state index in [9.17, 15) is 14.6 Å². The van der Waals surface area contributed by atoms with Crippen LogP contribution in [0.5, 0.6) is 5.75 Å². The Hall–Kier alpha value is -0.830. The van der Waals surface area contributed by atoms with Crippen molar-refractivity contribution in [1.29, 1.82) is 0 Å². The highest BCUT2D eigenvalue weighted by molar-refractivity contribution is 7.61. The van der Waals surface area contributed by atoms with Gasteiger partial charge in [0.15, 0.2) is 0 Å². The minimum atomic E-state index is -3.91. The van der Waals surface area contributed by atoms with Gasteiger partial charge in [-0.1, -0.05) is 19.1 Å². The molecule has 0 fully saturated rings. The van der Waals surface area contributed by atoms with Crippen LogP contribution in [0, 0.1) is 0 Å². The average Bonchev–Trinajstić information content (AvgIpc) is 2.17. The molecule has 0 amide bonds. The number of rotatable bonds is 4. The molecule has 0 radical (unpaired) electrons. The lowest BCUT2D eigenvalue weighted by molar-refractivity contribution is 0.192. The maximum atomic E-state index is 11.8. The zero-order valence-electron chi connectivity index (χ0n) is 8.75. The highest BCUT2D eigenvalue weighted by Gasteiger charge is 2.27. The Labute approximate surface area is 89.1 Å². The predicted octanol–water partition coefficient (Wildman–Crippen LogP) is 2.02. The van der Waals surface area contributed by atoms with Gasteiger partial charge in [-0.25, -0.2) is 0 Å². The molecule has 1 rings (SSSR count). The van der Waals surface area contributed by atoms with E-state index < -0.39 is 7.60 Å². The van der Waals surface area contributed by atoms with Crippen LogP contribution in [0.25, 0.3) is 0 Å². The molecule has 0 saturated carbocycles. The van der Waals surface area contributed by atoms with E-state index in [0.717, 1.165) is 0 Å². The fourth-order valence-corrected chi connectivity index (χ4v) is 2.47. The highest BCUT2D eigenvalue weighted by atomic mass is 31.2. The van der Waals surface area contributed by atoms with Crippen molar-refractivity contribution in [2.24, 2.45) is 0 Å². The lowest BCUT2D eigenvalue weighted by Crippen LogP contribution is -2.13. The Morgan fingerprint density at radius 2 is 2.07 bits per heavy atom. The molecule has 0 saturated heterocycles. The first-order valence-corrected chi connectivity index (χ1v) is 6.35. The fourth-order valence-electron chi connectivity index (χ4n) is 1.08. The number of benzene rings is 1. The number of hydrogen-bond donors (Lipinski definition) is 2. The lowest BCUT2D eigenvalue weighted by Gasteiger charge is -2.17. The van der Waals surface area contributed by atoms with Crippen LogP contribution in [0.2, 0.25) is 0 Å². The summed E-state index contributed by atoms with van der Waals surface area (Å²) in [7, 11) is -3.91. The molecule has 0 aliphatic heterocycles. The zero-order valence-corrected chi connectivity index (χ0v) is 9.65. The summed E-state index contributed by atoms with van der Waals surface area (Å²) >= 11 is 0. The van der Waals surface area contributed by atoms with Crippen molar-refractivity contribution in [3.8, 4) is 5.75 Å². The van der Waals surface area contributed by atoms with Crippen LogP contribution in [0.3, 0.4) is 0 Å². The molecule has 2 unspecified atom stereocenters. The number of para-hydroxylation sites is 1. The van der Waals surface area contributed by atoms with Gasteiger partial charge in [-0.3, -0.25) is 4.57 Å². The lowest BCUT2D eigenvalue weighted by atomic mass is 10.3. The molecule has 0 bridgehead atoms. The standard InChI is InChI=1S/C10H15O4P/c1-3-8(2)14-15(12,13)10-7-5-4-6-9(10)11/h4-8,11H,3H2,1-2H3,(H,12,13). The van der Waals surface area contributed by atoms with Crippen molar-refractivity contribution >= 4 is 12.9 Å². The van der Waals surface area contributed by atoms with Gasteiger partial charge in [-0.2, -0.15) is 0 Å². The molecule has 2 atom stereocenters. The Morgan fingerprint density at radius 1 is 1.47 bits per heavy atom. The topological polar surface area (TPSA) is 66.8 Å². The van der Waals surface area contributed by atoms with E-state index in [-0.39, 0.29) is 17.2 Å². The summed E-state index contributed by atoms with van der Waals surface area (Å²) in [5.74, 6) is -0.216.